The summed E-state index contributed by atoms with van der Waals surface area (Å²) >= 11 is 0. The van der Waals surface area contributed by atoms with Gasteiger partial charge in [-0.2, -0.15) is 0 Å². The molecule has 0 spiro atoms. The molecular formula is C12H21NO2. The monoisotopic (exact) mass is 211 g/mol. The normalized spacial score (nSPS) is 40.1. The van der Waals surface area contributed by atoms with Crippen molar-refractivity contribution in [2.45, 2.75) is 44.9 Å². The number of carbonyl (C=O) groups is 1. The third kappa shape index (κ3) is 1.89. The average Bonchev–Trinajstić information content (AvgIpc) is 2.36. The number of carboxylic acids is 1. The van der Waals surface area contributed by atoms with Crippen LogP contribution in [0.15, 0.2) is 0 Å². The van der Waals surface area contributed by atoms with Crippen LogP contribution < -0.4 is 5.73 Å². The molecule has 2 aliphatic carbocycles. The molecule has 0 aromatic heterocycles. The number of hydrogen-bond donors (Lipinski definition) is 2. The van der Waals surface area contributed by atoms with Crippen LogP contribution >= 0.6 is 0 Å². The van der Waals surface area contributed by atoms with E-state index in [0.29, 0.717) is 12.5 Å². The SMILES string of the molecule is NC[C@@]1(CC(=O)O)C[C@@H]2CCCCC[C@@H]21. The Morgan fingerprint density at radius 2 is 2.07 bits per heavy atom. The van der Waals surface area contributed by atoms with Gasteiger partial charge in [-0.3, -0.25) is 4.79 Å². The summed E-state index contributed by atoms with van der Waals surface area (Å²) in [6, 6.07) is 0. The quantitative estimate of drug-likeness (QED) is 0.750. The molecule has 15 heavy (non-hydrogen) atoms. The van der Waals surface area contributed by atoms with Gasteiger partial charge in [-0.25, -0.2) is 0 Å². The third-order valence-corrected chi connectivity index (χ3v) is 4.52. The van der Waals surface area contributed by atoms with Crippen molar-refractivity contribution in [3.05, 3.63) is 0 Å². The lowest BCUT2D eigenvalue weighted by Crippen LogP contribution is -2.53. The summed E-state index contributed by atoms with van der Waals surface area (Å²) in [4.78, 5) is 10.9. The molecular weight excluding hydrogens is 190 g/mol. The van der Waals surface area contributed by atoms with E-state index in [-0.39, 0.29) is 11.8 Å². The lowest BCUT2D eigenvalue weighted by Gasteiger charge is -2.54. The second-order valence-corrected chi connectivity index (χ2v) is 5.35. The maximum atomic E-state index is 10.9. The van der Waals surface area contributed by atoms with Crippen molar-refractivity contribution in [1.29, 1.82) is 0 Å². The molecule has 2 aliphatic rings. The molecule has 3 heteroatoms. The fourth-order valence-corrected chi connectivity index (χ4v) is 3.76. The van der Waals surface area contributed by atoms with Crippen molar-refractivity contribution >= 4 is 5.97 Å². The number of rotatable bonds is 3. The van der Waals surface area contributed by atoms with E-state index in [4.69, 9.17) is 10.8 Å². The fraction of sp³-hybridized carbons (Fsp3) is 0.917. The highest BCUT2D eigenvalue weighted by molar-refractivity contribution is 5.68. The molecule has 0 saturated heterocycles. The van der Waals surface area contributed by atoms with E-state index in [2.05, 4.69) is 0 Å². The lowest BCUT2D eigenvalue weighted by atomic mass is 9.51. The van der Waals surface area contributed by atoms with Gasteiger partial charge in [0, 0.05) is 0 Å². The molecule has 3 atom stereocenters. The molecule has 2 fully saturated rings. The zero-order valence-electron chi connectivity index (χ0n) is 9.24. The summed E-state index contributed by atoms with van der Waals surface area (Å²) in [5.41, 5.74) is 5.76. The van der Waals surface area contributed by atoms with Gasteiger partial charge in [0.1, 0.15) is 0 Å². The number of hydrogen-bond acceptors (Lipinski definition) is 2. The molecule has 0 aromatic carbocycles. The van der Waals surface area contributed by atoms with Crippen LogP contribution in [0.5, 0.6) is 0 Å². The molecule has 86 valence electrons. The molecule has 0 amide bonds. The van der Waals surface area contributed by atoms with Gasteiger partial charge in [0.05, 0.1) is 6.42 Å². The van der Waals surface area contributed by atoms with Crippen molar-refractivity contribution in [3.63, 3.8) is 0 Å². The summed E-state index contributed by atoms with van der Waals surface area (Å²) < 4.78 is 0. The molecule has 0 aromatic rings. The minimum Gasteiger partial charge on any atom is -0.481 e. The summed E-state index contributed by atoms with van der Waals surface area (Å²) in [5, 5.41) is 8.95. The zero-order chi connectivity index (χ0) is 10.9. The molecule has 0 radical (unpaired) electrons. The van der Waals surface area contributed by atoms with Gasteiger partial charge in [0.2, 0.25) is 0 Å². The molecule has 2 rings (SSSR count). The molecule has 0 aliphatic heterocycles. The van der Waals surface area contributed by atoms with E-state index in [9.17, 15) is 4.79 Å². The van der Waals surface area contributed by atoms with Crippen LogP contribution in [0.25, 0.3) is 0 Å². The Morgan fingerprint density at radius 1 is 1.33 bits per heavy atom. The van der Waals surface area contributed by atoms with E-state index in [1.807, 2.05) is 0 Å². The van der Waals surface area contributed by atoms with Crippen molar-refractivity contribution in [2.75, 3.05) is 6.54 Å². The first-order valence-electron chi connectivity index (χ1n) is 6.10. The van der Waals surface area contributed by atoms with Crippen molar-refractivity contribution in [1.82, 2.24) is 0 Å². The number of fused-ring (bicyclic) bond motifs is 1. The van der Waals surface area contributed by atoms with Crippen LogP contribution in [0.2, 0.25) is 0 Å². The highest BCUT2D eigenvalue weighted by Gasteiger charge is 2.53. The first kappa shape index (κ1) is 10.9. The van der Waals surface area contributed by atoms with Gasteiger partial charge in [-0.1, -0.05) is 25.7 Å². The Hall–Kier alpha value is -0.570. The lowest BCUT2D eigenvalue weighted by molar-refractivity contribution is -0.146. The summed E-state index contributed by atoms with van der Waals surface area (Å²) in [7, 11) is 0. The van der Waals surface area contributed by atoms with Crippen LogP contribution in [0.1, 0.15) is 44.9 Å². The first-order chi connectivity index (χ1) is 7.18. The molecule has 0 heterocycles. The van der Waals surface area contributed by atoms with Crippen LogP contribution in [0.4, 0.5) is 0 Å². The molecule has 3 N–H and O–H groups in total. The van der Waals surface area contributed by atoms with Crippen molar-refractivity contribution < 1.29 is 9.90 Å². The van der Waals surface area contributed by atoms with Gasteiger partial charge in [-0.15, -0.1) is 0 Å². The standard InChI is InChI=1S/C12H21NO2/c13-8-12(7-11(14)15)6-9-4-2-1-3-5-10(9)12/h9-10H,1-8,13H2,(H,14,15)/t9-,10-,12-/m0/s1. The summed E-state index contributed by atoms with van der Waals surface area (Å²) in [6.07, 6.45) is 7.75. The highest BCUT2D eigenvalue weighted by Crippen LogP contribution is 2.57. The van der Waals surface area contributed by atoms with E-state index in [1.54, 1.807) is 0 Å². The first-order valence-corrected chi connectivity index (χ1v) is 6.10. The van der Waals surface area contributed by atoms with Gasteiger partial charge >= 0.3 is 5.97 Å². The summed E-state index contributed by atoms with van der Waals surface area (Å²) in [5.74, 6) is 0.694. The minimum absolute atomic E-state index is 0.0547. The molecule has 0 bridgehead atoms. The molecule has 3 nitrogen and oxygen atoms in total. The van der Waals surface area contributed by atoms with Crippen LogP contribution in [0.3, 0.4) is 0 Å². The predicted octanol–water partition coefficient (Wildman–Crippen LogP) is 2.01. The van der Waals surface area contributed by atoms with E-state index in [1.165, 1.54) is 32.1 Å². The Morgan fingerprint density at radius 3 is 2.73 bits per heavy atom. The van der Waals surface area contributed by atoms with E-state index < -0.39 is 5.97 Å². The maximum Gasteiger partial charge on any atom is 0.303 e. The largest absolute Gasteiger partial charge is 0.481 e. The second-order valence-electron chi connectivity index (χ2n) is 5.35. The average molecular weight is 211 g/mol. The number of aliphatic carboxylic acids is 1. The van der Waals surface area contributed by atoms with Gasteiger partial charge < -0.3 is 10.8 Å². The topological polar surface area (TPSA) is 63.3 Å². The Kier molecular flexibility index (Phi) is 3.01. The maximum absolute atomic E-state index is 10.9. The fourth-order valence-electron chi connectivity index (χ4n) is 3.76. The van der Waals surface area contributed by atoms with Gasteiger partial charge in [-0.05, 0) is 36.6 Å². The minimum atomic E-state index is -0.678. The van der Waals surface area contributed by atoms with E-state index in [0.717, 1.165) is 12.3 Å². The van der Waals surface area contributed by atoms with Crippen LogP contribution in [-0.4, -0.2) is 17.6 Å². The smallest absolute Gasteiger partial charge is 0.303 e. The Labute approximate surface area is 91.0 Å². The molecule has 2 saturated carbocycles. The number of carboxylic acid groups (broad SMARTS) is 1. The Bertz CT molecular complexity index is 254. The highest BCUT2D eigenvalue weighted by atomic mass is 16.4. The van der Waals surface area contributed by atoms with Crippen molar-refractivity contribution in [2.24, 2.45) is 23.0 Å². The zero-order valence-corrected chi connectivity index (χ0v) is 9.24. The Balaban J connectivity index is 2.05. The van der Waals surface area contributed by atoms with Gasteiger partial charge in [0.15, 0.2) is 0 Å². The van der Waals surface area contributed by atoms with E-state index >= 15 is 0 Å². The third-order valence-electron chi connectivity index (χ3n) is 4.52. The second kappa shape index (κ2) is 4.12. The van der Waals surface area contributed by atoms with Crippen LogP contribution in [-0.2, 0) is 4.79 Å². The predicted molar refractivity (Wildman–Crippen MR) is 58.4 cm³/mol. The number of nitrogens with two attached hydrogens (primary N) is 1. The van der Waals surface area contributed by atoms with Crippen LogP contribution in [0, 0.1) is 17.3 Å². The van der Waals surface area contributed by atoms with Crippen molar-refractivity contribution in [3.8, 4) is 0 Å². The molecule has 0 unspecified atom stereocenters. The van der Waals surface area contributed by atoms with Gasteiger partial charge in [0.25, 0.3) is 0 Å². The summed E-state index contributed by atoms with van der Waals surface area (Å²) in [6.45, 7) is 0.556.